The highest BCUT2D eigenvalue weighted by Gasteiger charge is 2.29. The van der Waals surface area contributed by atoms with Gasteiger partial charge in [0.25, 0.3) is 5.91 Å². The van der Waals surface area contributed by atoms with E-state index in [0.717, 1.165) is 19.2 Å². The first-order chi connectivity index (χ1) is 22.7. The molecule has 4 aromatic rings. The molecule has 0 N–H and O–H groups in total. The van der Waals surface area contributed by atoms with Gasteiger partial charge in [-0.05, 0) is 29.3 Å². The number of aromatic nitrogens is 1. The van der Waals surface area contributed by atoms with Gasteiger partial charge < -0.3 is 33.2 Å². The maximum Gasteiger partial charge on any atom is 0.358 e. The number of hydrogen-bond donors (Lipinski definition) is 0. The average molecular weight is 651 g/mol. The predicted molar refractivity (Wildman–Crippen MR) is 168 cm³/mol. The summed E-state index contributed by atoms with van der Waals surface area (Å²) in [7, 11) is 5.59. The Balaban J connectivity index is 1.85. The Morgan fingerprint density at radius 2 is 1.57 bits per heavy atom. The van der Waals surface area contributed by atoms with E-state index < -0.39 is 41.0 Å². The molecule has 4 rings (SSSR count). The van der Waals surface area contributed by atoms with E-state index in [2.05, 4.69) is 0 Å². The monoisotopic (exact) mass is 650 g/mol. The number of halogens is 2. The van der Waals surface area contributed by atoms with Crippen LogP contribution >= 0.6 is 0 Å². The zero-order chi connectivity index (χ0) is 33.9. The normalized spacial score (nSPS) is 11.0. The summed E-state index contributed by atoms with van der Waals surface area (Å²) in [4.78, 5) is 42.8. The second-order valence-electron chi connectivity index (χ2n) is 10.4. The number of nitrogens with zero attached hydrogens (tertiary/aromatic N) is 2. The van der Waals surface area contributed by atoms with Crippen molar-refractivity contribution in [1.82, 2.24) is 9.47 Å². The number of carbonyl (C=O) groups is 2. The summed E-state index contributed by atoms with van der Waals surface area (Å²) >= 11 is 0. The van der Waals surface area contributed by atoms with Crippen LogP contribution in [-0.4, -0.2) is 56.1 Å². The zero-order valence-corrected chi connectivity index (χ0v) is 26.5. The average Bonchev–Trinajstić information content (AvgIpc) is 3.09. The SMILES string of the molecule is COC(=O)c1c(OCc2ccccc2)c(=O)c(C(=O)N(Cc2ccc(OC)cc2)Cc2ccc(F)cc2F)cn1CCC(OC)OC. The predicted octanol–water partition coefficient (Wildman–Crippen LogP) is 5.35. The quantitative estimate of drug-likeness (QED) is 0.125. The fourth-order valence-corrected chi connectivity index (χ4v) is 4.89. The van der Waals surface area contributed by atoms with Crippen molar-refractivity contribution in [3.8, 4) is 11.5 Å². The lowest BCUT2D eigenvalue weighted by molar-refractivity contribution is -0.108. The first-order valence-corrected chi connectivity index (χ1v) is 14.6. The van der Waals surface area contributed by atoms with Crippen molar-refractivity contribution >= 4 is 11.9 Å². The minimum Gasteiger partial charge on any atom is -0.497 e. The fourth-order valence-electron chi connectivity index (χ4n) is 4.89. The second-order valence-corrected chi connectivity index (χ2v) is 10.4. The first kappa shape index (κ1) is 34.8. The molecular formula is C35H36F2N2O8. The molecule has 0 fully saturated rings. The van der Waals surface area contributed by atoms with Gasteiger partial charge in [0.05, 0.1) is 14.2 Å². The molecule has 0 aliphatic heterocycles. The molecule has 0 atom stereocenters. The molecule has 0 bridgehead atoms. The molecule has 1 aromatic heterocycles. The lowest BCUT2D eigenvalue weighted by Gasteiger charge is -2.25. The number of aryl methyl sites for hydroxylation is 1. The van der Waals surface area contributed by atoms with Crippen molar-refractivity contribution in [2.45, 2.75) is 39.0 Å². The summed E-state index contributed by atoms with van der Waals surface area (Å²) in [6.07, 6.45) is 0.805. The van der Waals surface area contributed by atoms with Gasteiger partial charge in [-0.15, -0.1) is 0 Å². The third kappa shape index (κ3) is 8.81. The van der Waals surface area contributed by atoms with E-state index in [-0.39, 0.29) is 49.5 Å². The lowest BCUT2D eigenvalue weighted by Crippen LogP contribution is -2.36. The van der Waals surface area contributed by atoms with Gasteiger partial charge in [0.15, 0.2) is 17.7 Å². The Morgan fingerprint density at radius 1 is 0.872 bits per heavy atom. The van der Waals surface area contributed by atoms with Crippen LogP contribution in [0.3, 0.4) is 0 Å². The Morgan fingerprint density at radius 3 is 2.19 bits per heavy atom. The minimum atomic E-state index is -0.864. The molecule has 0 spiro atoms. The summed E-state index contributed by atoms with van der Waals surface area (Å²) in [6.45, 7) is -0.380. The summed E-state index contributed by atoms with van der Waals surface area (Å²) < 4.78 is 56.8. The first-order valence-electron chi connectivity index (χ1n) is 14.6. The highest BCUT2D eigenvalue weighted by atomic mass is 19.1. The van der Waals surface area contributed by atoms with Gasteiger partial charge in [-0.3, -0.25) is 9.59 Å². The van der Waals surface area contributed by atoms with Gasteiger partial charge in [-0.1, -0.05) is 48.5 Å². The standard InChI is InChI=1S/C35H36F2N2O8/c1-43-27-14-10-23(11-15-27)19-39(20-25-12-13-26(36)18-29(25)37)34(41)28-21-38(17-16-30(44-2)45-3)31(35(42)46-4)33(32(28)40)47-22-24-8-6-5-7-9-24/h5-15,18,21,30H,16-17,19-20,22H2,1-4H3. The molecule has 1 amide bonds. The second kappa shape index (κ2) is 16.5. The summed E-state index contributed by atoms with van der Waals surface area (Å²) in [5.74, 6) is -3.07. The minimum absolute atomic E-state index is 0.0309. The van der Waals surface area contributed by atoms with Crippen LogP contribution in [0.4, 0.5) is 8.78 Å². The molecule has 0 radical (unpaired) electrons. The van der Waals surface area contributed by atoms with Crippen molar-refractivity contribution in [2.24, 2.45) is 0 Å². The van der Waals surface area contributed by atoms with Crippen molar-refractivity contribution in [3.63, 3.8) is 0 Å². The zero-order valence-electron chi connectivity index (χ0n) is 26.5. The smallest absolute Gasteiger partial charge is 0.358 e. The van der Waals surface area contributed by atoms with E-state index in [1.54, 1.807) is 48.5 Å². The molecule has 0 saturated carbocycles. The molecule has 10 nitrogen and oxygen atoms in total. The lowest BCUT2D eigenvalue weighted by atomic mass is 10.1. The number of carbonyl (C=O) groups excluding carboxylic acids is 2. The molecule has 0 aliphatic carbocycles. The van der Waals surface area contributed by atoms with Crippen LogP contribution in [0.5, 0.6) is 11.5 Å². The van der Waals surface area contributed by atoms with E-state index in [9.17, 15) is 23.2 Å². The third-order valence-corrected chi connectivity index (χ3v) is 7.40. The molecule has 248 valence electrons. The molecular weight excluding hydrogens is 614 g/mol. The van der Waals surface area contributed by atoms with Crippen LogP contribution in [0.2, 0.25) is 0 Å². The Bertz CT molecular complexity index is 1720. The Labute approximate surface area is 271 Å². The van der Waals surface area contributed by atoms with Crippen molar-refractivity contribution in [3.05, 3.63) is 129 Å². The topological polar surface area (TPSA) is 106 Å². The van der Waals surface area contributed by atoms with E-state index in [1.165, 1.54) is 43.1 Å². The number of pyridine rings is 1. The Kier molecular flexibility index (Phi) is 12.2. The third-order valence-electron chi connectivity index (χ3n) is 7.40. The summed E-state index contributed by atoms with van der Waals surface area (Å²) in [5, 5.41) is 0. The van der Waals surface area contributed by atoms with Crippen LogP contribution in [0.1, 0.15) is 44.0 Å². The maximum absolute atomic E-state index is 14.9. The van der Waals surface area contributed by atoms with Crippen LogP contribution in [-0.2, 0) is 40.5 Å². The number of esters is 1. The van der Waals surface area contributed by atoms with Crippen LogP contribution in [0, 0.1) is 11.6 Å². The van der Waals surface area contributed by atoms with Crippen molar-refractivity contribution in [2.75, 3.05) is 28.4 Å². The number of benzene rings is 3. The van der Waals surface area contributed by atoms with Gasteiger partial charge in [0.2, 0.25) is 5.43 Å². The van der Waals surface area contributed by atoms with Gasteiger partial charge in [-0.25, -0.2) is 13.6 Å². The summed E-state index contributed by atoms with van der Waals surface area (Å²) in [6, 6.07) is 18.9. The van der Waals surface area contributed by atoms with Gasteiger partial charge >= 0.3 is 5.97 Å². The van der Waals surface area contributed by atoms with E-state index >= 15 is 0 Å². The van der Waals surface area contributed by atoms with Crippen LogP contribution < -0.4 is 14.9 Å². The van der Waals surface area contributed by atoms with Crippen LogP contribution in [0.25, 0.3) is 0 Å². The number of amides is 1. The Hall–Kier alpha value is -5.07. The number of methoxy groups -OCH3 is 4. The van der Waals surface area contributed by atoms with Gasteiger partial charge in [-0.2, -0.15) is 0 Å². The summed E-state index contributed by atoms with van der Waals surface area (Å²) in [5.41, 5.74) is -0.0277. The van der Waals surface area contributed by atoms with Gasteiger partial charge in [0, 0.05) is 58.1 Å². The highest BCUT2D eigenvalue weighted by molar-refractivity contribution is 5.97. The van der Waals surface area contributed by atoms with E-state index in [0.29, 0.717) is 16.9 Å². The van der Waals surface area contributed by atoms with Gasteiger partial charge in [0.1, 0.15) is 29.6 Å². The van der Waals surface area contributed by atoms with Crippen LogP contribution in [0.15, 0.2) is 83.8 Å². The molecule has 0 unspecified atom stereocenters. The number of hydrogen-bond acceptors (Lipinski definition) is 8. The van der Waals surface area contributed by atoms with E-state index in [4.69, 9.17) is 23.7 Å². The molecule has 3 aromatic carbocycles. The highest BCUT2D eigenvalue weighted by Crippen LogP contribution is 2.23. The fraction of sp³-hybridized carbons (Fsp3) is 0.286. The van der Waals surface area contributed by atoms with E-state index in [1.807, 2.05) is 6.07 Å². The largest absolute Gasteiger partial charge is 0.497 e. The number of ether oxygens (including phenoxy) is 5. The molecule has 0 aliphatic rings. The van der Waals surface area contributed by atoms with Crippen molar-refractivity contribution in [1.29, 1.82) is 0 Å². The molecule has 1 heterocycles. The maximum atomic E-state index is 14.9. The molecule has 12 heteroatoms. The number of rotatable bonds is 15. The molecule has 0 saturated heterocycles. The van der Waals surface area contributed by atoms with Crippen molar-refractivity contribution < 1.29 is 42.1 Å². The molecule has 47 heavy (non-hydrogen) atoms.